The Morgan fingerprint density at radius 3 is 2.70 bits per heavy atom. The molecule has 0 amide bonds. The molecule has 5 heteroatoms. The molecule has 2 aliphatic rings. The topological polar surface area (TPSA) is 56.5 Å². The standard InChI is InChI=1S/C15H21ClN2O2/c16-13-7-10(8-14-15(13)20-6-5-19-14)9-18-12-3-1-11(17)2-4-12/h7-8,11-12,18H,1-6,9,17H2. The fourth-order valence-corrected chi connectivity index (χ4v) is 3.14. The summed E-state index contributed by atoms with van der Waals surface area (Å²) in [6.45, 7) is 1.95. The fourth-order valence-electron chi connectivity index (χ4n) is 2.85. The molecule has 0 spiro atoms. The Balaban J connectivity index is 1.61. The lowest BCUT2D eigenvalue weighted by Gasteiger charge is -2.27. The Morgan fingerprint density at radius 2 is 1.90 bits per heavy atom. The molecule has 1 aromatic carbocycles. The molecule has 1 fully saturated rings. The van der Waals surface area contributed by atoms with Crippen molar-refractivity contribution in [1.82, 2.24) is 5.32 Å². The summed E-state index contributed by atoms with van der Waals surface area (Å²) in [6.07, 6.45) is 4.53. The van der Waals surface area contributed by atoms with Crippen molar-refractivity contribution in [2.24, 2.45) is 5.73 Å². The van der Waals surface area contributed by atoms with E-state index in [-0.39, 0.29) is 0 Å². The summed E-state index contributed by atoms with van der Waals surface area (Å²) in [6, 6.07) is 4.91. The summed E-state index contributed by atoms with van der Waals surface area (Å²) in [7, 11) is 0. The largest absolute Gasteiger partial charge is 0.486 e. The SMILES string of the molecule is NC1CCC(NCc2cc(Cl)c3c(c2)OCCO3)CC1. The van der Waals surface area contributed by atoms with E-state index >= 15 is 0 Å². The van der Waals surface area contributed by atoms with Crippen molar-refractivity contribution < 1.29 is 9.47 Å². The van der Waals surface area contributed by atoms with Gasteiger partial charge in [0.25, 0.3) is 0 Å². The van der Waals surface area contributed by atoms with Gasteiger partial charge < -0.3 is 20.5 Å². The van der Waals surface area contributed by atoms with Crippen LogP contribution in [0.15, 0.2) is 12.1 Å². The third kappa shape index (κ3) is 3.19. The molecule has 0 radical (unpaired) electrons. The molecular formula is C15H21ClN2O2. The lowest BCUT2D eigenvalue weighted by Crippen LogP contribution is -2.37. The number of nitrogens with two attached hydrogens (primary N) is 1. The zero-order valence-electron chi connectivity index (χ0n) is 11.5. The molecule has 0 atom stereocenters. The van der Waals surface area contributed by atoms with Crippen molar-refractivity contribution in [3.8, 4) is 11.5 Å². The lowest BCUT2D eigenvalue weighted by atomic mass is 9.92. The maximum absolute atomic E-state index is 6.24. The number of hydrogen-bond donors (Lipinski definition) is 2. The molecule has 1 heterocycles. The summed E-state index contributed by atoms with van der Waals surface area (Å²) in [5.41, 5.74) is 7.06. The van der Waals surface area contributed by atoms with Crippen LogP contribution in [0.4, 0.5) is 0 Å². The average molecular weight is 297 g/mol. The Bertz CT molecular complexity index is 473. The third-order valence-corrected chi connectivity index (χ3v) is 4.30. The van der Waals surface area contributed by atoms with Crippen molar-refractivity contribution in [2.75, 3.05) is 13.2 Å². The maximum atomic E-state index is 6.24. The average Bonchev–Trinajstić information content (AvgIpc) is 2.47. The van der Waals surface area contributed by atoms with E-state index in [2.05, 4.69) is 5.32 Å². The predicted octanol–water partition coefficient (Wildman–Crippen LogP) is 2.47. The highest BCUT2D eigenvalue weighted by Gasteiger charge is 2.19. The van der Waals surface area contributed by atoms with Gasteiger partial charge in [-0.05, 0) is 43.4 Å². The summed E-state index contributed by atoms with van der Waals surface area (Å²) < 4.78 is 11.1. The first-order valence-corrected chi connectivity index (χ1v) is 7.67. The Kier molecular flexibility index (Phi) is 4.34. The second-order valence-electron chi connectivity index (χ2n) is 5.59. The molecule has 1 aromatic rings. The van der Waals surface area contributed by atoms with Crippen LogP contribution in [0.3, 0.4) is 0 Å². The number of nitrogens with one attached hydrogen (secondary N) is 1. The minimum atomic E-state index is 0.386. The van der Waals surface area contributed by atoms with Gasteiger partial charge in [-0.3, -0.25) is 0 Å². The molecule has 110 valence electrons. The van der Waals surface area contributed by atoms with Crippen molar-refractivity contribution in [3.63, 3.8) is 0 Å². The first-order chi connectivity index (χ1) is 9.72. The molecule has 0 unspecified atom stereocenters. The zero-order valence-corrected chi connectivity index (χ0v) is 12.3. The lowest BCUT2D eigenvalue weighted by molar-refractivity contribution is 0.171. The smallest absolute Gasteiger partial charge is 0.179 e. The molecule has 0 bridgehead atoms. The van der Waals surface area contributed by atoms with Crippen LogP contribution in [-0.4, -0.2) is 25.3 Å². The van der Waals surface area contributed by atoms with E-state index in [1.165, 1.54) is 0 Å². The van der Waals surface area contributed by atoms with Gasteiger partial charge in [-0.25, -0.2) is 0 Å². The van der Waals surface area contributed by atoms with Gasteiger partial charge in [0.1, 0.15) is 13.2 Å². The second kappa shape index (κ2) is 6.20. The van der Waals surface area contributed by atoms with Crippen LogP contribution in [0.25, 0.3) is 0 Å². The van der Waals surface area contributed by atoms with Crippen molar-refractivity contribution >= 4 is 11.6 Å². The summed E-state index contributed by atoms with van der Waals surface area (Å²) in [5, 5.41) is 4.21. The highest BCUT2D eigenvalue weighted by atomic mass is 35.5. The molecule has 0 aromatic heterocycles. The quantitative estimate of drug-likeness (QED) is 0.900. The van der Waals surface area contributed by atoms with Gasteiger partial charge in [-0.1, -0.05) is 11.6 Å². The highest BCUT2D eigenvalue weighted by Crippen LogP contribution is 2.38. The fraction of sp³-hybridized carbons (Fsp3) is 0.600. The van der Waals surface area contributed by atoms with E-state index in [9.17, 15) is 0 Å². The van der Waals surface area contributed by atoms with E-state index in [0.29, 0.717) is 36.1 Å². The number of benzene rings is 1. The van der Waals surface area contributed by atoms with E-state index in [1.807, 2.05) is 12.1 Å². The van der Waals surface area contributed by atoms with E-state index < -0.39 is 0 Å². The first kappa shape index (κ1) is 14.0. The van der Waals surface area contributed by atoms with Crippen LogP contribution in [0.2, 0.25) is 5.02 Å². The number of halogens is 1. The molecule has 4 nitrogen and oxygen atoms in total. The molecule has 1 aliphatic heterocycles. The van der Waals surface area contributed by atoms with Crippen LogP contribution in [0.5, 0.6) is 11.5 Å². The van der Waals surface area contributed by atoms with Crippen LogP contribution in [0.1, 0.15) is 31.2 Å². The highest BCUT2D eigenvalue weighted by molar-refractivity contribution is 6.32. The normalized spacial score (nSPS) is 25.5. The zero-order chi connectivity index (χ0) is 13.9. The number of hydrogen-bond acceptors (Lipinski definition) is 4. The van der Waals surface area contributed by atoms with Crippen molar-refractivity contribution in [1.29, 1.82) is 0 Å². The molecule has 3 N–H and O–H groups in total. The van der Waals surface area contributed by atoms with Gasteiger partial charge in [0.15, 0.2) is 11.5 Å². The summed E-state index contributed by atoms with van der Waals surface area (Å²) in [4.78, 5) is 0. The molecule has 3 rings (SSSR count). The number of fused-ring (bicyclic) bond motifs is 1. The Morgan fingerprint density at radius 1 is 1.15 bits per heavy atom. The van der Waals surface area contributed by atoms with Gasteiger partial charge in [-0.15, -0.1) is 0 Å². The minimum Gasteiger partial charge on any atom is -0.486 e. The van der Waals surface area contributed by atoms with E-state index in [0.717, 1.165) is 43.5 Å². The van der Waals surface area contributed by atoms with Gasteiger partial charge in [0, 0.05) is 18.6 Å². The van der Waals surface area contributed by atoms with Crippen molar-refractivity contribution in [3.05, 3.63) is 22.7 Å². The molecular weight excluding hydrogens is 276 g/mol. The van der Waals surface area contributed by atoms with Gasteiger partial charge >= 0.3 is 0 Å². The maximum Gasteiger partial charge on any atom is 0.179 e. The van der Waals surface area contributed by atoms with E-state index in [1.54, 1.807) is 0 Å². The Hall–Kier alpha value is -0.970. The minimum absolute atomic E-state index is 0.386. The number of ether oxygens (including phenoxy) is 2. The van der Waals surface area contributed by atoms with Crippen LogP contribution < -0.4 is 20.5 Å². The summed E-state index contributed by atoms with van der Waals surface area (Å²) >= 11 is 6.24. The van der Waals surface area contributed by atoms with E-state index in [4.69, 9.17) is 26.8 Å². The molecule has 1 saturated carbocycles. The van der Waals surface area contributed by atoms with Crippen LogP contribution in [0, 0.1) is 0 Å². The predicted molar refractivity (Wildman–Crippen MR) is 79.5 cm³/mol. The van der Waals surface area contributed by atoms with Gasteiger partial charge in [-0.2, -0.15) is 0 Å². The first-order valence-electron chi connectivity index (χ1n) is 7.29. The number of rotatable bonds is 3. The monoisotopic (exact) mass is 296 g/mol. The van der Waals surface area contributed by atoms with Crippen molar-refractivity contribution in [2.45, 2.75) is 44.3 Å². The molecule has 1 aliphatic carbocycles. The summed E-state index contributed by atoms with van der Waals surface area (Å²) in [5.74, 6) is 1.43. The molecule has 0 saturated heterocycles. The van der Waals surface area contributed by atoms with Gasteiger partial charge in [0.05, 0.1) is 5.02 Å². The van der Waals surface area contributed by atoms with Crippen LogP contribution in [-0.2, 0) is 6.54 Å². The molecule has 20 heavy (non-hydrogen) atoms. The van der Waals surface area contributed by atoms with Gasteiger partial charge in [0.2, 0.25) is 0 Å². The second-order valence-corrected chi connectivity index (χ2v) is 6.00. The Labute approximate surface area is 124 Å². The van der Waals surface area contributed by atoms with Crippen LogP contribution >= 0.6 is 11.6 Å². The third-order valence-electron chi connectivity index (χ3n) is 4.02.